The number of ether oxygens (including phenoxy) is 2. The highest BCUT2D eigenvalue weighted by Gasteiger charge is 2.63. The lowest BCUT2D eigenvalue weighted by atomic mass is 9.72. The first-order valence-electron chi connectivity index (χ1n) is 17.8. The number of aliphatic hydroxyl groups excluding tert-OH is 1. The Labute approximate surface area is 318 Å². The van der Waals surface area contributed by atoms with Crippen LogP contribution in [0.5, 0.6) is 11.5 Å². The molecule has 14 heteroatoms. The molecule has 6 aromatic rings. The average Bonchev–Trinajstić information content (AvgIpc) is 3.94. The fraction of sp³-hybridized carbons (Fsp3) is 0.300. The van der Waals surface area contributed by atoms with Gasteiger partial charge in [0.2, 0.25) is 17.7 Å². The molecule has 3 aromatic carbocycles. The van der Waals surface area contributed by atoms with E-state index in [1.807, 2.05) is 68.4 Å². The van der Waals surface area contributed by atoms with E-state index in [4.69, 9.17) is 51.5 Å². The normalized spacial score (nSPS) is 22.2. The van der Waals surface area contributed by atoms with Crippen LogP contribution in [0.1, 0.15) is 62.1 Å². The number of aromatic amines is 1. The first-order valence-corrected chi connectivity index (χ1v) is 18.6. The monoisotopic (exact) mass is 765 g/mol. The third kappa shape index (κ3) is 4.47. The van der Waals surface area contributed by atoms with Crippen LogP contribution in [0, 0.1) is 11.8 Å². The van der Waals surface area contributed by atoms with Crippen molar-refractivity contribution in [1.29, 1.82) is 0 Å². The van der Waals surface area contributed by atoms with E-state index in [0.29, 0.717) is 33.5 Å². The molecule has 0 saturated heterocycles. The van der Waals surface area contributed by atoms with Crippen LogP contribution in [0.3, 0.4) is 0 Å². The predicted octanol–water partition coefficient (Wildman–Crippen LogP) is 7.08. The molecule has 0 radical (unpaired) electrons. The summed E-state index contributed by atoms with van der Waals surface area (Å²) in [4.78, 5) is 40.4. The van der Waals surface area contributed by atoms with Gasteiger partial charge < -0.3 is 39.0 Å². The summed E-state index contributed by atoms with van der Waals surface area (Å²) in [5.74, 6) is 0.243. The van der Waals surface area contributed by atoms with Gasteiger partial charge in [0, 0.05) is 34.0 Å². The molecule has 5 atom stereocenters. The van der Waals surface area contributed by atoms with Crippen LogP contribution in [-0.2, 0) is 21.4 Å². The van der Waals surface area contributed by atoms with Crippen molar-refractivity contribution in [2.24, 2.45) is 11.8 Å². The van der Waals surface area contributed by atoms with Gasteiger partial charge in [0.1, 0.15) is 34.8 Å². The number of halogens is 2. The number of fused-ring (bicyclic) bond motifs is 7. The molecule has 10 rings (SSSR count). The number of para-hydroxylation sites is 1. The number of hydrogen-bond acceptors (Lipinski definition) is 9. The molecular formula is C40H33Cl2N5O7. The number of aliphatic hydroxyl groups is 1. The van der Waals surface area contributed by atoms with E-state index in [2.05, 4.69) is 15.6 Å². The molecule has 0 aliphatic carbocycles. The van der Waals surface area contributed by atoms with Gasteiger partial charge in [0.25, 0.3) is 12.2 Å². The molecule has 54 heavy (non-hydrogen) atoms. The second-order valence-electron chi connectivity index (χ2n) is 15.0. The smallest absolute Gasteiger partial charge is 0.262 e. The van der Waals surface area contributed by atoms with Crippen molar-refractivity contribution in [3.63, 3.8) is 0 Å². The van der Waals surface area contributed by atoms with Crippen LogP contribution < -0.4 is 20.1 Å². The predicted molar refractivity (Wildman–Crippen MR) is 198 cm³/mol. The van der Waals surface area contributed by atoms with Crippen molar-refractivity contribution in [2.75, 3.05) is 0 Å². The number of benzene rings is 3. The minimum absolute atomic E-state index is 0.0716. The highest BCUT2D eigenvalue weighted by atomic mass is 35.5. The minimum Gasteiger partial charge on any atom is -0.453 e. The summed E-state index contributed by atoms with van der Waals surface area (Å²) in [5, 5.41) is 17.7. The minimum atomic E-state index is -1.31. The van der Waals surface area contributed by atoms with Gasteiger partial charge in [-0.1, -0.05) is 93.4 Å². The molecule has 4 aliphatic heterocycles. The van der Waals surface area contributed by atoms with Crippen LogP contribution in [0.4, 0.5) is 0 Å². The zero-order valence-corrected chi connectivity index (χ0v) is 30.9. The Kier molecular flexibility index (Phi) is 7.15. The molecule has 4 aliphatic rings. The quantitative estimate of drug-likeness (QED) is 0.147. The summed E-state index contributed by atoms with van der Waals surface area (Å²) < 4.78 is 27.1. The van der Waals surface area contributed by atoms with Gasteiger partial charge in [-0.25, -0.2) is 4.98 Å². The number of rotatable bonds is 4. The number of carbonyl (C=O) groups is 2. The van der Waals surface area contributed by atoms with E-state index in [0.717, 1.165) is 33.2 Å². The Morgan fingerprint density at radius 2 is 1.80 bits per heavy atom. The van der Waals surface area contributed by atoms with Crippen molar-refractivity contribution in [2.45, 2.75) is 64.0 Å². The SMILES string of the molecule is CC(C)[C@H](O)C(=O)N[C@@H]1Cc2ccc3c(c2)C24c5cccc(c5OC2O3)-c2cccc3[nH]c(Cl)c(c23)-c2oc(nc2Cl)-c2nc(oc24)[C@H](C(C)C)NC1=O. The maximum Gasteiger partial charge on any atom is 0.262 e. The third-order valence-corrected chi connectivity index (χ3v) is 11.6. The van der Waals surface area contributed by atoms with Gasteiger partial charge in [0.15, 0.2) is 27.8 Å². The molecule has 2 amide bonds. The van der Waals surface area contributed by atoms with Gasteiger partial charge >= 0.3 is 0 Å². The number of aromatic nitrogens is 3. The van der Waals surface area contributed by atoms with Gasteiger partial charge in [-0.3, -0.25) is 9.59 Å². The lowest BCUT2D eigenvalue weighted by Gasteiger charge is -2.28. The first-order chi connectivity index (χ1) is 25.9. The standard InChI is InChI=1S/C40H33Cl2N5O7/c1-15(2)27-37-46-28-32(54-37)40-20-9-5-8-19(18-7-6-10-22-25(18)26(33(41)43-22)31-34(42)47-38(28)52-31)30(20)53-39(40)51-24-12-11-17(13-21(24)40)14-23(35(49)45-27)44-36(50)29(48)16(3)4/h5-13,15-16,23,27,29,39,43,48H,14H2,1-4H3,(H,44,50)(H,45,49)/t23-,27+,29+,39?,40?/m1/s1. The highest BCUT2D eigenvalue weighted by Crippen LogP contribution is 2.63. The number of hydrogen-bond donors (Lipinski definition) is 4. The second kappa shape index (κ2) is 11.6. The van der Waals surface area contributed by atoms with Gasteiger partial charge in [0.05, 0.1) is 5.56 Å². The number of H-pyrrole nitrogens is 1. The van der Waals surface area contributed by atoms with Crippen molar-refractivity contribution >= 4 is 45.9 Å². The zero-order valence-electron chi connectivity index (χ0n) is 29.4. The molecule has 274 valence electrons. The van der Waals surface area contributed by atoms with Crippen molar-refractivity contribution in [3.05, 3.63) is 93.2 Å². The summed E-state index contributed by atoms with van der Waals surface area (Å²) in [6.45, 7) is 7.32. The van der Waals surface area contributed by atoms with Crippen molar-refractivity contribution in [1.82, 2.24) is 25.6 Å². The fourth-order valence-electron chi connectivity index (χ4n) is 8.34. The second-order valence-corrected chi connectivity index (χ2v) is 15.7. The number of nitrogens with zero attached hydrogens (tertiary/aromatic N) is 2. The van der Waals surface area contributed by atoms with Gasteiger partial charge in [-0.15, -0.1) is 0 Å². The summed E-state index contributed by atoms with van der Waals surface area (Å²) in [6.07, 6.45) is -2.14. The summed E-state index contributed by atoms with van der Waals surface area (Å²) in [6, 6.07) is 15.6. The molecule has 4 N–H and O–H groups in total. The summed E-state index contributed by atoms with van der Waals surface area (Å²) >= 11 is 13.8. The Morgan fingerprint density at radius 1 is 1.00 bits per heavy atom. The Hall–Kier alpha value is -5.30. The highest BCUT2D eigenvalue weighted by molar-refractivity contribution is 6.37. The molecule has 7 heterocycles. The van der Waals surface area contributed by atoms with Crippen LogP contribution in [-0.4, -0.2) is 50.3 Å². The molecule has 10 bridgehead atoms. The van der Waals surface area contributed by atoms with E-state index in [1.165, 1.54) is 0 Å². The number of amides is 2. The molecule has 3 aromatic heterocycles. The number of nitrogens with one attached hydrogen (secondary N) is 3. The largest absolute Gasteiger partial charge is 0.453 e. The first kappa shape index (κ1) is 33.3. The van der Waals surface area contributed by atoms with Crippen LogP contribution in [0.2, 0.25) is 10.3 Å². The Bertz CT molecular complexity index is 2590. The molecule has 2 unspecified atom stereocenters. The molecule has 0 fully saturated rings. The number of oxazole rings is 2. The van der Waals surface area contributed by atoms with E-state index in [-0.39, 0.29) is 46.6 Å². The molecule has 1 spiro atoms. The lowest BCUT2D eigenvalue weighted by Crippen LogP contribution is -2.52. The molecular weight excluding hydrogens is 733 g/mol. The lowest BCUT2D eigenvalue weighted by molar-refractivity contribution is -0.135. The fourth-order valence-corrected chi connectivity index (χ4v) is 8.83. The summed E-state index contributed by atoms with van der Waals surface area (Å²) in [5.41, 5.74) is 4.08. The van der Waals surface area contributed by atoms with E-state index in [9.17, 15) is 14.7 Å². The summed E-state index contributed by atoms with van der Waals surface area (Å²) in [7, 11) is 0. The van der Waals surface area contributed by atoms with Gasteiger partial charge in [-0.05, 0) is 35.1 Å². The topological polar surface area (TPSA) is 165 Å². The van der Waals surface area contributed by atoms with E-state index < -0.39 is 41.7 Å². The van der Waals surface area contributed by atoms with Crippen LogP contribution in [0.25, 0.3) is 44.9 Å². The average molecular weight is 767 g/mol. The number of carbonyl (C=O) groups excluding carboxylic acids is 2. The maximum absolute atomic E-state index is 14.2. The molecule has 0 saturated carbocycles. The van der Waals surface area contributed by atoms with Crippen molar-refractivity contribution in [3.8, 4) is 45.5 Å². The van der Waals surface area contributed by atoms with Crippen molar-refractivity contribution < 1.29 is 33.0 Å². The Balaban J connectivity index is 1.30. The zero-order chi connectivity index (χ0) is 37.4. The third-order valence-electron chi connectivity index (χ3n) is 11.0. The van der Waals surface area contributed by atoms with E-state index >= 15 is 0 Å². The Morgan fingerprint density at radius 3 is 2.59 bits per heavy atom. The van der Waals surface area contributed by atoms with E-state index in [1.54, 1.807) is 13.8 Å². The maximum atomic E-state index is 14.2. The van der Waals surface area contributed by atoms with Gasteiger partial charge in [-0.2, -0.15) is 4.98 Å². The van der Waals surface area contributed by atoms with Crippen LogP contribution >= 0.6 is 23.2 Å². The van der Waals surface area contributed by atoms with Crippen LogP contribution in [0.15, 0.2) is 63.4 Å². The molecule has 12 nitrogen and oxygen atoms in total.